The Morgan fingerprint density at radius 2 is 1.35 bits per heavy atom. The van der Waals surface area contributed by atoms with E-state index in [1.165, 1.54) is 4.90 Å². The zero-order chi connectivity index (χ0) is 32.6. The molecular formula is C29H49N5O9. The number of nitrogens with zero attached hydrogens (tertiary/aromatic N) is 3. The van der Waals surface area contributed by atoms with Crippen LogP contribution in [-0.2, 0) is 28.5 Å². The van der Waals surface area contributed by atoms with Crippen LogP contribution < -0.4 is 10.6 Å². The first-order chi connectivity index (χ1) is 19.7. The average Bonchev–Trinajstić information content (AvgIpc) is 3.09. The molecule has 2 aliphatic heterocycles. The van der Waals surface area contributed by atoms with Gasteiger partial charge in [-0.1, -0.05) is 0 Å². The lowest BCUT2D eigenvalue weighted by Crippen LogP contribution is -2.49. The van der Waals surface area contributed by atoms with E-state index in [9.17, 15) is 24.0 Å². The third kappa shape index (κ3) is 13.5. The molecule has 1 spiro atoms. The number of hydrogen-bond donors (Lipinski definition) is 2. The molecule has 0 bridgehead atoms. The van der Waals surface area contributed by atoms with E-state index in [2.05, 4.69) is 15.6 Å². The second-order valence-electron chi connectivity index (χ2n) is 13.8. The summed E-state index contributed by atoms with van der Waals surface area (Å²) in [5.41, 5.74) is -2.85. The molecule has 0 unspecified atom stereocenters. The number of nitrogens with one attached hydrogen (secondary N) is 2. The van der Waals surface area contributed by atoms with Crippen molar-refractivity contribution in [2.24, 2.45) is 4.99 Å². The van der Waals surface area contributed by atoms with Crippen LogP contribution in [0.15, 0.2) is 4.99 Å². The third-order valence-electron chi connectivity index (χ3n) is 6.12. The lowest BCUT2D eigenvalue weighted by molar-refractivity contribution is -0.155. The number of amides is 4. The highest BCUT2D eigenvalue weighted by atomic mass is 16.6. The lowest BCUT2D eigenvalue weighted by Gasteiger charge is -2.37. The van der Waals surface area contributed by atoms with Gasteiger partial charge in [-0.05, 0) is 75.2 Å². The highest BCUT2D eigenvalue weighted by Gasteiger charge is 2.48. The van der Waals surface area contributed by atoms with E-state index < -0.39 is 46.7 Å². The zero-order valence-corrected chi connectivity index (χ0v) is 27.1. The summed E-state index contributed by atoms with van der Waals surface area (Å²) in [6.07, 6.45) is 0.216. The quantitative estimate of drug-likeness (QED) is 0.143. The molecule has 2 saturated heterocycles. The predicted octanol–water partition coefficient (Wildman–Crippen LogP) is 3.72. The maximum absolute atomic E-state index is 12.8. The van der Waals surface area contributed by atoms with E-state index >= 15 is 0 Å². The Bertz CT molecular complexity index is 1030. The molecule has 2 rings (SSSR count). The molecule has 14 heteroatoms. The minimum absolute atomic E-state index is 0.0206. The van der Waals surface area contributed by atoms with Crippen LogP contribution in [0.1, 0.15) is 94.4 Å². The number of piperidine rings is 1. The number of unbranched alkanes of at least 4 members (excludes halogenated alkanes) is 1. The molecule has 244 valence electrons. The van der Waals surface area contributed by atoms with E-state index in [0.717, 1.165) is 0 Å². The standard InChI is InChI=1S/C29H49N5O9/c1-26(2,3)40-21(36)18-34-19-29(43-25(34)39)13-16-33(17-14-29)20(35)12-10-11-15-30-22(31-23(37)41-27(4,5)6)32-24(38)42-28(7,8)9/h10-19H2,1-9H3,(H2,30,31,32,37,38). The van der Waals surface area contributed by atoms with Crippen LogP contribution in [0.3, 0.4) is 0 Å². The van der Waals surface area contributed by atoms with Crippen molar-refractivity contribution in [2.45, 2.75) is 117 Å². The fraction of sp³-hybridized carbons (Fsp3) is 0.793. The van der Waals surface area contributed by atoms with E-state index in [1.807, 2.05) is 0 Å². The van der Waals surface area contributed by atoms with Crippen molar-refractivity contribution in [2.75, 3.05) is 32.7 Å². The molecule has 0 radical (unpaired) electrons. The summed E-state index contributed by atoms with van der Waals surface area (Å²) in [5, 5.41) is 4.86. The number of aliphatic imine (C=N–C) groups is 1. The summed E-state index contributed by atoms with van der Waals surface area (Å²) in [5.74, 6) is -0.623. The van der Waals surface area contributed by atoms with Crippen molar-refractivity contribution in [1.82, 2.24) is 20.4 Å². The van der Waals surface area contributed by atoms with E-state index in [-0.39, 0.29) is 31.5 Å². The van der Waals surface area contributed by atoms with Crippen LogP contribution in [0.25, 0.3) is 0 Å². The van der Waals surface area contributed by atoms with Gasteiger partial charge < -0.3 is 23.8 Å². The van der Waals surface area contributed by atoms with Crippen molar-refractivity contribution in [1.29, 1.82) is 0 Å². The maximum Gasteiger partial charge on any atom is 0.414 e. The van der Waals surface area contributed by atoms with Crippen molar-refractivity contribution in [3.8, 4) is 0 Å². The van der Waals surface area contributed by atoms with Gasteiger partial charge in [0.05, 0.1) is 6.54 Å². The Morgan fingerprint density at radius 1 is 0.837 bits per heavy atom. The van der Waals surface area contributed by atoms with Gasteiger partial charge in [-0.15, -0.1) is 0 Å². The second kappa shape index (κ2) is 14.3. The summed E-state index contributed by atoms with van der Waals surface area (Å²) < 4.78 is 21.4. The molecule has 0 saturated carbocycles. The molecule has 0 aliphatic carbocycles. The van der Waals surface area contributed by atoms with E-state index in [4.69, 9.17) is 18.9 Å². The topological polar surface area (TPSA) is 165 Å². The van der Waals surface area contributed by atoms with Gasteiger partial charge in [0.1, 0.15) is 28.9 Å². The molecule has 2 heterocycles. The molecule has 0 aromatic rings. The number of ether oxygens (including phenoxy) is 4. The highest BCUT2D eigenvalue weighted by Crippen LogP contribution is 2.33. The van der Waals surface area contributed by atoms with E-state index in [1.54, 1.807) is 67.2 Å². The van der Waals surface area contributed by atoms with Gasteiger partial charge in [0.25, 0.3) is 0 Å². The van der Waals surface area contributed by atoms with Crippen LogP contribution in [0.4, 0.5) is 14.4 Å². The minimum atomic E-state index is -0.777. The summed E-state index contributed by atoms with van der Waals surface area (Å²) in [7, 11) is 0. The first kappa shape index (κ1) is 35.6. The molecular weight excluding hydrogens is 562 g/mol. The van der Waals surface area contributed by atoms with Crippen molar-refractivity contribution >= 4 is 36.1 Å². The number of hydrogen-bond acceptors (Lipinski definition) is 10. The number of likely N-dealkylation sites (tertiary alicyclic amines) is 1. The number of rotatable bonds is 7. The molecule has 43 heavy (non-hydrogen) atoms. The fourth-order valence-electron chi connectivity index (χ4n) is 4.42. The average molecular weight is 612 g/mol. The number of carbonyl (C=O) groups excluding carboxylic acids is 5. The summed E-state index contributed by atoms with van der Waals surface area (Å²) in [6.45, 7) is 16.8. The number of carbonyl (C=O) groups is 5. The van der Waals surface area contributed by atoms with Crippen molar-refractivity contribution in [3.05, 3.63) is 0 Å². The van der Waals surface area contributed by atoms with Gasteiger partial charge in [-0.25, -0.2) is 14.4 Å². The molecule has 0 aromatic carbocycles. The Balaban J connectivity index is 1.81. The van der Waals surface area contributed by atoms with Gasteiger partial charge >= 0.3 is 24.2 Å². The largest absolute Gasteiger partial charge is 0.459 e. The Kier molecular flexibility index (Phi) is 11.8. The Hall–Kier alpha value is -3.58. The van der Waals surface area contributed by atoms with Crippen LogP contribution in [-0.4, -0.2) is 101 Å². The number of alkyl carbamates (subject to hydrolysis) is 2. The summed E-state index contributed by atoms with van der Waals surface area (Å²) in [4.78, 5) is 69.2. The summed E-state index contributed by atoms with van der Waals surface area (Å²) in [6, 6.07) is 0. The monoisotopic (exact) mass is 611 g/mol. The van der Waals surface area contributed by atoms with Gasteiger partial charge in [0.15, 0.2) is 0 Å². The number of esters is 1. The molecule has 0 aromatic heterocycles. The number of guanidine groups is 1. The molecule has 0 atom stereocenters. The highest BCUT2D eigenvalue weighted by molar-refractivity contribution is 6.01. The van der Waals surface area contributed by atoms with Crippen LogP contribution in [0.2, 0.25) is 0 Å². The lowest BCUT2D eigenvalue weighted by atomic mass is 9.91. The first-order valence-corrected chi connectivity index (χ1v) is 14.7. The van der Waals surface area contributed by atoms with Gasteiger partial charge in [-0.2, -0.15) is 0 Å². The Labute approximate surface area is 254 Å². The first-order valence-electron chi connectivity index (χ1n) is 14.7. The fourth-order valence-corrected chi connectivity index (χ4v) is 4.42. The van der Waals surface area contributed by atoms with Gasteiger partial charge in [-0.3, -0.25) is 30.1 Å². The van der Waals surface area contributed by atoms with Crippen LogP contribution >= 0.6 is 0 Å². The van der Waals surface area contributed by atoms with Crippen molar-refractivity contribution in [3.63, 3.8) is 0 Å². The molecule has 2 aliphatic rings. The maximum atomic E-state index is 12.8. The SMILES string of the molecule is CC(C)(C)OC(=O)CN1CC2(CCN(C(=O)CCCCN=C(NC(=O)OC(C)(C)C)NC(=O)OC(C)(C)C)CC2)OC1=O. The van der Waals surface area contributed by atoms with Gasteiger partial charge in [0.2, 0.25) is 11.9 Å². The van der Waals surface area contributed by atoms with Gasteiger partial charge in [0, 0.05) is 38.9 Å². The molecule has 14 nitrogen and oxygen atoms in total. The summed E-state index contributed by atoms with van der Waals surface area (Å²) >= 11 is 0. The zero-order valence-electron chi connectivity index (χ0n) is 27.1. The molecule has 4 amide bonds. The second-order valence-corrected chi connectivity index (χ2v) is 13.8. The van der Waals surface area contributed by atoms with E-state index in [0.29, 0.717) is 45.2 Å². The van der Waals surface area contributed by atoms with Crippen LogP contribution in [0, 0.1) is 0 Å². The smallest absolute Gasteiger partial charge is 0.414 e. The van der Waals surface area contributed by atoms with Crippen molar-refractivity contribution < 1.29 is 42.9 Å². The molecule has 2 N–H and O–H groups in total. The van der Waals surface area contributed by atoms with Crippen LogP contribution in [0.5, 0.6) is 0 Å². The normalized spacial score (nSPS) is 16.7. The predicted molar refractivity (Wildman–Crippen MR) is 157 cm³/mol. The Morgan fingerprint density at radius 3 is 1.84 bits per heavy atom. The third-order valence-corrected chi connectivity index (χ3v) is 6.12. The minimum Gasteiger partial charge on any atom is -0.459 e. The molecule has 2 fully saturated rings.